The summed E-state index contributed by atoms with van der Waals surface area (Å²) in [5.41, 5.74) is 1.11. The van der Waals surface area contributed by atoms with Crippen LogP contribution < -0.4 is 0 Å². The Labute approximate surface area is 141 Å². The number of hydrogen-bond donors (Lipinski definition) is 0. The quantitative estimate of drug-likeness (QED) is 0.853. The Kier molecular flexibility index (Phi) is 4.99. The van der Waals surface area contributed by atoms with Gasteiger partial charge in [0.25, 0.3) is 0 Å². The summed E-state index contributed by atoms with van der Waals surface area (Å²) in [6.45, 7) is 2.45. The maximum Gasteiger partial charge on any atom is 0.243 e. The van der Waals surface area contributed by atoms with Crippen LogP contribution in [0.25, 0.3) is 0 Å². The molecule has 0 aromatic heterocycles. The third kappa shape index (κ3) is 3.66. The Hall–Kier alpha value is -1.76. The summed E-state index contributed by atoms with van der Waals surface area (Å²) < 4.78 is 46.0. The first kappa shape index (κ1) is 17.1. The Balaban J connectivity index is 1.79. The van der Waals surface area contributed by atoms with Crippen molar-refractivity contribution < 1.29 is 17.5 Å². The van der Waals surface area contributed by atoms with Crippen LogP contribution in [-0.2, 0) is 21.2 Å². The van der Waals surface area contributed by atoms with Crippen molar-refractivity contribution in [2.24, 2.45) is 0 Å². The molecule has 2 atom stereocenters. The van der Waals surface area contributed by atoms with Crippen molar-refractivity contribution in [1.82, 2.24) is 4.31 Å². The lowest BCUT2D eigenvalue weighted by molar-refractivity contribution is -0.0265. The Morgan fingerprint density at radius 2 is 1.79 bits per heavy atom. The fourth-order valence-corrected chi connectivity index (χ4v) is 4.52. The summed E-state index contributed by atoms with van der Waals surface area (Å²) >= 11 is 0. The Morgan fingerprint density at radius 1 is 1.12 bits per heavy atom. The van der Waals surface area contributed by atoms with Crippen LogP contribution in [0, 0.1) is 5.82 Å². The van der Waals surface area contributed by atoms with E-state index in [0.717, 1.165) is 5.56 Å². The zero-order chi connectivity index (χ0) is 17.2. The molecule has 4 nitrogen and oxygen atoms in total. The number of hydrogen-bond acceptors (Lipinski definition) is 3. The first-order valence-corrected chi connectivity index (χ1v) is 9.34. The predicted octanol–water partition coefficient (Wildman–Crippen LogP) is 2.85. The van der Waals surface area contributed by atoms with Crippen molar-refractivity contribution in [3.05, 3.63) is 66.0 Å². The highest BCUT2D eigenvalue weighted by Gasteiger charge is 2.35. The molecule has 128 valence electrons. The normalized spacial score (nSPS) is 22.4. The van der Waals surface area contributed by atoms with E-state index in [1.807, 2.05) is 37.3 Å². The highest BCUT2D eigenvalue weighted by Crippen LogP contribution is 2.24. The predicted molar refractivity (Wildman–Crippen MR) is 89.6 cm³/mol. The largest absolute Gasteiger partial charge is 0.375 e. The molecule has 1 heterocycles. The number of benzene rings is 2. The standard InChI is InChI=1S/C18H20FNO3S/c1-14-13-23-17(11-15-5-3-2-4-6-15)12-20(14)24(21,22)18-9-7-16(19)8-10-18/h2-10,14,17H,11-13H2,1H3. The van der Waals surface area contributed by atoms with Crippen molar-refractivity contribution in [2.75, 3.05) is 13.2 Å². The van der Waals surface area contributed by atoms with Crippen LogP contribution in [0.3, 0.4) is 0 Å². The molecule has 0 spiro atoms. The van der Waals surface area contributed by atoms with Crippen LogP contribution >= 0.6 is 0 Å². The van der Waals surface area contributed by atoms with Gasteiger partial charge in [-0.1, -0.05) is 30.3 Å². The average Bonchev–Trinajstić information content (AvgIpc) is 2.58. The number of rotatable bonds is 4. The van der Waals surface area contributed by atoms with Crippen LogP contribution in [0.5, 0.6) is 0 Å². The van der Waals surface area contributed by atoms with E-state index in [0.29, 0.717) is 13.0 Å². The average molecular weight is 349 g/mol. The van der Waals surface area contributed by atoms with Gasteiger partial charge in [-0.2, -0.15) is 4.31 Å². The summed E-state index contributed by atoms with van der Waals surface area (Å²) in [5.74, 6) is -0.453. The van der Waals surface area contributed by atoms with Gasteiger partial charge in [0.15, 0.2) is 0 Å². The van der Waals surface area contributed by atoms with Crippen LogP contribution in [0.4, 0.5) is 4.39 Å². The third-order valence-electron chi connectivity index (χ3n) is 4.17. The highest BCUT2D eigenvalue weighted by atomic mass is 32.2. The Morgan fingerprint density at radius 3 is 2.46 bits per heavy atom. The number of halogens is 1. The highest BCUT2D eigenvalue weighted by molar-refractivity contribution is 7.89. The van der Waals surface area contributed by atoms with E-state index in [1.54, 1.807) is 0 Å². The van der Waals surface area contributed by atoms with Gasteiger partial charge in [-0.05, 0) is 43.2 Å². The van der Waals surface area contributed by atoms with Crippen LogP contribution in [0.2, 0.25) is 0 Å². The second-order valence-corrected chi connectivity index (χ2v) is 7.91. The summed E-state index contributed by atoms with van der Waals surface area (Å²) in [4.78, 5) is 0.108. The lowest BCUT2D eigenvalue weighted by Crippen LogP contribution is -2.51. The minimum absolute atomic E-state index is 0.108. The Bertz CT molecular complexity index is 778. The smallest absolute Gasteiger partial charge is 0.243 e. The minimum Gasteiger partial charge on any atom is -0.375 e. The first-order valence-electron chi connectivity index (χ1n) is 7.90. The molecule has 3 rings (SSSR count). The van der Waals surface area contributed by atoms with Crippen molar-refractivity contribution >= 4 is 10.0 Å². The number of ether oxygens (including phenoxy) is 1. The fourth-order valence-electron chi connectivity index (χ4n) is 2.87. The zero-order valence-corrected chi connectivity index (χ0v) is 14.2. The van der Waals surface area contributed by atoms with Gasteiger partial charge in [-0.3, -0.25) is 0 Å². The van der Waals surface area contributed by atoms with E-state index in [1.165, 1.54) is 28.6 Å². The number of nitrogens with zero attached hydrogens (tertiary/aromatic N) is 1. The SMILES string of the molecule is CC1COC(Cc2ccccc2)CN1S(=O)(=O)c1ccc(F)cc1. The summed E-state index contributed by atoms with van der Waals surface area (Å²) in [5, 5.41) is 0. The maximum absolute atomic E-state index is 13.1. The van der Waals surface area contributed by atoms with Crippen molar-refractivity contribution in [1.29, 1.82) is 0 Å². The molecule has 0 N–H and O–H groups in total. The van der Waals surface area contributed by atoms with E-state index in [2.05, 4.69) is 0 Å². The van der Waals surface area contributed by atoms with E-state index < -0.39 is 15.8 Å². The monoisotopic (exact) mass is 349 g/mol. The topological polar surface area (TPSA) is 46.6 Å². The molecule has 24 heavy (non-hydrogen) atoms. The van der Waals surface area contributed by atoms with Gasteiger partial charge in [0.2, 0.25) is 10.0 Å². The minimum atomic E-state index is -3.67. The fraction of sp³-hybridized carbons (Fsp3) is 0.333. The van der Waals surface area contributed by atoms with E-state index in [4.69, 9.17) is 4.74 Å². The number of sulfonamides is 1. The molecule has 2 unspecified atom stereocenters. The lowest BCUT2D eigenvalue weighted by Gasteiger charge is -2.37. The first-order chi connectivity index (χ1) is 11.5. The van der Waals surface area contributed by atoms with Crippen LogP contribution in [0.15, 0.2) is 59.5 Å². The summed E-state index contributed by atoms with van der Waals surface area (Å²) in [7, 11) is -3.67. The van der Waals surface area contributed by atoms with Crippen LogP contribution in [0.1, 0.15) is 12.5 Å². The molecule has 0 aliphatic carbocycles. The van der Waals surface area contributed by atoms with Crippen molar-refractivity contribution in [3.8, 4) is 0 Å². The van der Waals surface area contributed by atoms with Gasteiger partial charge in [0.05, 0.1) is 17.6 Å². The molecule has 1 aliphatic rings. The molecule has 6 heteroatoms. The van der Waals surface area contributed by atoms with Gasteiger partial charge in [0, 0.05) is 12.6 Å². The lowest BCUT2D eigenvalue weighted by atomic mass is 10.1. The van der Waals surface area contributed by atoms with Crippen molar-refractivity contribution in [2.45, 2.75) is 30.4 Å². The molecule has 0 bridgehead atoms. The van der Waals surface area contributed by atoms with E-state index in [9.17, 15) is 12.8 Å². The molecule has 1 saturated heterocycles. The zero-order valence-electron chi connectivity index (χ0n) is 13.4. The second kappa shape index (κ2) is 7.01. The van der Waals surface area contributed by atoms with Gasteiger partial charge in [-0.25, -0.2) is 12.8 Å². The van der Waals surface area contributed by atoms with E-state index in [-0.39, 0.29) is 23.6 Å². The molecule has 1 fully saturated rings. The summed E-state index contributed by atoms with van der Waals surface area (Å²) in [6.07, 6.45) is 0.460. The molecule has 0 saturated carbocycles. The maximum atomic E-state index is 13.1. The second-order valence-electron chi connectivity index (χ2n) is 6.02. The molecule has 0 radical (unpaired) electrons. The van der Waals surface area contributed by atoms with Gasteiger partial charge < -0.3 is 4.74 Å². The van der Waals surface area contributed by atoms with Gasteiger partial charge >= 0.3 is 0 Å². The van der Waals surface area contributed by atoms with Gasteiger partial charge in [-0.15, -0.1) is 0 Å². The molecule has 0 amide bonds. The molecular weight excluding hydrogens is 329 g/mol. The van der Waals surface area contributed by atoms with Crippen molar-refractivity contribution in [3.63, 3.8) is 0 Å². The molecule has 2 aromatic rings. The molecular formula is C18H20FNO3S. The van der Waals surface area contributed by atoms with Gasteiger partial charge in [0.1, 0.15) is 5.82 Å². The third-order valence-corrected chi connectivity index (χ3v) is 6.17. The van der Waals surface area contributed by atoms with E-state index >= 15 is 0 Å². The molecule has 1 aliphatic heterocycles. The molecule has 2 aromatic carbocycles. The summed E-state index contributed by atoms with van der Waals surface area (Å²) in [6, 6.07) is 14.5. The number of morpholine rings is 1. The van der Waals surface area contributed by atoms with Crippen LogP contribution in [-0.4, -0.2) is 38.0 Å².